The first-order valence-corrected chi connectivity index (χ1v) is 8.45. The normalized spacial score (nSPS) is 21.8. The first kappa shape index (κ1) is 16.3. The monoisotopic (exact) mass is 290 g/mol. The standard InChI is InChI=1S/C18H30N2O/c1-3-15-8-7-12-20(13-11-15)17(14-19)16-9-5-6-10-18(16)21-4-2/h5-6,9-10,15,17H,3-4,7-8,11-14,19H2,1-2H3. The van der Waals surface area contributed by atoms with Gasteiger partial charge in [0.05, 0.1) is 12.6 Å². The fourth-order valence-corrected chi connectivity index (χ4v) is 3.42. The van der Waals surface area contributed by atoms with Gasteiger partial charge >= 0.3 is 0 Å². The summed E-state index contributed by atoms with van der Waals surface area (Å²) in [6.45, 7) is 8.00. The van der Waals surface area contributed by atoms with Crippen LogP contribution in [0, 0.1) is 5.92 Å². The zero-order chi connectivity index (χ0) is 15.1. The van der Waals surface area contributed by atoms with E-state index in [-0.39, 0.29) is 6.04 Å². The summed E-state index contributed by atoms with van der Waals surface area (Å²) in [6.07, 6.45) is 5.24. The van der Waals surface area contributed by atoms with Crippen LogP contribution in [0.15, 0.2) is 24.3 Å². The second-order valence-electron chi connectivity index (χ2n) is 5.96. The summed E-state index contributed by atoms with van der Waals surface area (Å²) < 4.78 is 5.80. The maximum Gasteiger partial charge on any atom is 0.124 e. The highest BCUT2D eigenvalue weighted by atomic mass is 16.5. The molecule has 0 aliphatic carbocycles. The molecule has 1 aliphatic rings. The van der Waals surface area contributed by atoms with Crippen LogP contribution < -0.4 is 10.5 Å². The Balaban J connectivity index is 2.15. The molecule has 1 saturated heterocycles. The lowest BCUT2D eigenvalue weighted by Gasteiger charge is -2.31. The molecule has 118 valence electrons. The molecule has 0 amide bonds. The number of nitrogens with zero attached hydrogens (tertiary/aromatic N) is 1. The third-order valence-corrected chi connectivity index (χ3v) is 4.70. The second kappa shape index (κ2) is 8.40. The van der Waals surface area contributed by atoms with Crippen LogP contribution in [0.25, 0.3) is 0 Å². The summed E-state index contributed by atoms with van der Waals surface area (Å²) in [5.74, 6) is 1.88. The predicted octanol–water partition coefficient (Wildman–Crippen LogP) is 3.60. The summed E-state index contributed by atoms with van der Waals surface area (Å²) in [5.41, 5.74) is 7.37. The molecule has 2 rings (SSSR count). The number of hydrogen-bond acceptors (Lipinski definition) is 3. The second-order valence-corrected chi connectivity index (χ2v) is 5.96. The van der Waals surface area contributed by atoms with Crippen molar-refractivity contribution in [3.05, 3.63) is 29.8 Å². The minimum Gasteiger partial charge on any atom is -0.494 e. The van der Waals surface area contributed by atoms with Crippen LogP contribution in [0.5, 0.6) is 5.75 Å². The molecular formula is C18H30N2O. The predicted molar refractivity (Wildman–Crippen MR) is 88.6 cm³/mol. The zero-order valence-electron chi connectivity index (χ0n) is 13.6. The van der Waals surface area contributed by atoms with Gasteiger partial charge in [-0.25, -0.2) is 0 Å². The molecule has 0 spiro atoms. The van der Waals surface area contributed by atoms with E-state index in [0.717, 1.165) is 24.8 Å². The van der Waals surface area contributed by atoms with Crippen LogP contribution in [0.1, 0.15) is 51.1 Å². The number of likely N-dealkylation sites (tertiary alicyclic amines) is 1. The van der Waals surface area contributed by atoms with E-state index >= 15 is 0 Å². The lowest BCUT2D eigenvalue weighted by Crippen LogP contribution is -2.35. The number of para-hydroxylation sites is 1. The van der Waals surface area contributed by atoms with Gasteiger partial charge in [0, 0.05) is 12.1 Å². The highest BCUT2D eigenvalue weighted by molar-refractivity contribution is 5.36. The Kier molecular flexibility index (Phi) is 6.52. The smallest absolute Gasteiger partial charge is 0.124 e. The molecule has 3 nitrogen and oxygen atoms in total. The van der Waals surface area contributed by atoms with Gasteiger partial charge in [-0.3, -0.25) is 4.90 Å². The highest BCUT2D eigenvalue weighted by Crippen LogP contribution is 2.31. The molecule has 0 radical (unpaired) electrons. The maximum atomic E-state index is 6.12. The van der Waals surface area contributed by atoms with Gasteiger partial charge in [0.1, 0.15) is 5.75 Å². The zero-order valence-corrected chi connectivity index (χ0v) is 13.6. The van der Waals surface area contributed by atoms with Crippen molar-refractivity contribution >= 4 is 0 Å². The average Bonchev–Trinajstić information content (AvgIpc) is 2.76. The molecule has 1 fully saturated rings. The van der Waals surface area contributed by atoms with Crippen LogP contribution in [0.3, 0.4) is 0 Å². The molecule has 2 unspecified atom stereocenters. The molecule has 2 atom stereocenters. The molecule has 1 heterocycles. The average molecular weight is 290 g/mol. The van der Waals surface area contributed by atoms with E-state index in [9.17, 15) is 0 Å². The highest BCUT2D eigenvalue weighted by Gasteiger charge is 2.24. The van der Waals surface area contributed by atoms with E-state index in [1.807, 2.05) is 13.0 Å². The van der Waals surface area contributed by atoms with Crippen molar-refractivity contribution in [1.82, 2.24) is 4.90 Å². The van der Waals surface area contributed by atoms with Crippen LogP contribution >= 0.6 is 0 Å². The van der Waals surface area contributed by atoms with E-state index < -0.39 is 0 Å². The van der Waals surface area contributed by atoms with Gasteiger partial charge in [-0.2, -0.15) is 0 Å². The molecule has 0 bridgehead atoms. The Hall–Kier alpha value is -1.06. The molecule has 1 aromatic rings. The van der Waals surface area contributed by atoms with Crippen molar-refractivity contribution in [2.24, 2.45) is 11.7 Å². The van der Waals surface area contributed by atoms with E-state index in [2.05, 4.69) is 30.0 Å². The van der Waals surface area contributed by atoms with Crippen LogP contribution in [-0.4, -0.2) is 31.1 Å². The molecular weight excluding hydrogens is 260 g/mol. The largest absolute Gasteiger partial charge is 0.494 e. The first-order chi connectivity index (χ1) is 10.3. The van der Waals surface area contributed by atoms with Crippen LogP contribution in [0.4, 0.5) is 0 Å². The maximum absolute atomic E-state index is 6.12. The van der Waals surface area contributed by atoms with Gasteiger partial charge in [-0.05, 0) is 51.3 Å². The first-order valence-electron chi connectivity index (χ1n) is 8.45. The Morgan fingerprint density at radius 2 is 2.05 bits per heavy atom. The SMILES string of the molecule is CCOc1ccccc1C(CN)N1CCCC(CC)CC1. The number of hydrogen-bond donors (Lipinski definition) is 1. The van der Waals surface area contributed by atoms with Gasteiger partial charge in [-0.1, -0.05) is 31.5 Å². The van der Waals surface area contributed by atoms with Crippen molar-refractivity contribution in [3.63, 3.8) is 0 Å². The van der Waals surface area contributed by atoms with Crippen molar-refractivity contribution in [2.45, 2.75) is 45.6 Å². The number of nitrogens with two attached hydrogens (primary N) is 1. The summed E-state index contributed by atoms with van der Waals surface area (Å²) in [6, 6.07) is 8.65. The van der Waals surface area contributed by atoms with Crippen molar-refractivity contribution in [3.8, 4) is 5.75 Å². The van der Waals surface area contributed by atoms with Gasteiger partial charge in [0.2, 0.25) is 0 Å². The van der Waals surface area contributed by atoms with E-state index in [1.165, 1.54) is 31.2 Å². The molecule has 1 aromatic carbocycles. The van der Waals surface area contributed by atoms with Crippen molar-refractivity contribution in [2.75, 3.05) is 26.2 Å². The lowest BCUT2D eigenvalue weighted by molar-refractivity contribution is 0.201. The Labute approximate surface area is 129 Å². The van der Waals surface area contributed by atoms with E-state index in [4.69, 9.17) is 10.5 Å². The summed E-state index contributed by atoms with van der Waals surface area (Å²) >= 11 is 0. The Morgan fingerprint density at radius 1 is 1.24 bits per heavy atom. The van der Waals surface area contributed by atoms with Gasteiger partial charge < -0.3 is 10.5 Å². The molecule has 3 heteroatoms. The lowest BCUT2D eigenvalue weighted by atomic mass is 9.98. The fourth-order valence-electron chi connectivity index (χ4n) is 3.42. The van der Waals surface area contributed by atoms with Crippen LogP contribution in [-0.2, 0) is 0 Å². The van der Waals surface area contributed by atoms with Gasteiger partial charge in [0.15, 0.2) is 0 Å². The minimum absolute atomic E-state index is 0.281. The number of benzene rings is 1. The molecule has 1 aliphatic heterocycles. The number of rotatable bonds is 6. The molecule has 0 aromatic heterocycles. The number of ether oxygens (including phenoxy) is 1. The minimum atomic E-state index is 0.281. The van der Waals surface area contributed by atoms with Gasteiger partial charge in [-0.15, -0.1) is 0 Å². The topological polar surface area (TPSA) is 38.5 Å². The van der Waals surface area contributed by atoms with E-state index in [0.29, 0.717) is 13.2 Å². The summed E-state index contributed by atoms with van der Waals surface area (Å²) in [5, 5.41) is 0. The third kappa shape index (κ3) is 4.21. The van der Waals surface area contributed by atoms with Crippen molar-refractivity contribution < 1.29 is 4.74 Å². The fraction of sp³-hybridized carbons (Fsp3) is 0.667. The Bertz CT molecular complexity index is 421. The summed E-state index contributed by atoms with van der Waals surface area (Å²) in [4.78, 5) is 2.56. The van der Waals surface area contributed by atoms with E-state index in [1.54, 1.807) is 0 Å². The van der Waals surface area contributed by atoms with Crippen LogP contribution in [0.2, 0.25) is 0 Å². The van der Waals surface area contributed by atoms with Crippen molar-refractivity contribution in [1.29, 1.82) is 0 Å². The van der Waals surface area contributed by atoms with Gasteiger partial charge in [0.25, 0.3) is 0 Å². The Morgan fingerprint density at radius 3 is 2.76 bits per heavy atom. The molecule has 2 N–H and O–H groups in total. The molecule has 0 saturated carbocycles. The molecule has 21 heavy (non-hydrogen) atoms. The summed E-state index contributed by atoms with van der Waals surface area (Å²) in [7, 11) is 0. The quantitative estimate of drug-likeness (QED) is 0.870. The third-order valence-electron chi connectivity index (χ3n) is 4.70.